The highest BCUT2D eigenvalue weighted by molar-refractivity contribution is 5.85. The van der Waals surface area contributed by atoms with Crippen LogP contribution in [0.5, 0.6) is 17.2 Å². The first-order chi connectivity index (χ1) is 9.26. The van der Waals surface area contributed by atoms with Crippen LogP contribution < -0.4 is 24.8 Å². The summed E-state index contributed by atoms with van der Waals surface area (Å²) in [4.78, 5) is 0. The van der Waals surface area contributed by atoms with Gasteiger partial charge in [0.15, 0.2) is 11.5 Å². The van der Waals surface area contributed by atoms with Crippen molar-refractivity contribution in [2.75, 3.05) is 41.5 Å². The number of benzene rings is 1. The van der Waals surface area contributed by atoms with Gasteiger partial charge in [0.1, 0.15) is 5.75 Å². The van der Waals surface area contributed by atoms with E-state index < -0.39 is 0 Å². The Kier molecular flexibility index (Phi) is 13.7. The van der Waals surface area contributed by atoms with Crippen LogP contribution in [0.25, 0.3) is 0 Å². The van der Waals surface area contributed by atoms with E-state index in [1.807, 2.05) is 19.2 Å². The third kappa shape index (κ3) is 7.09. The van der Waals surface area contributed by atoms with Crippen LogP contribution in [0.15, 0.2) is 12.1 Å². The van der Waals surface area contributed by atoms with Crippen LogP contribution in [0, 0.1) is 0 Å². The van der Waals surface area contributed by atoms with Gasteiger partial charge in [-0.05, 0) is 32.6 Å². The maximum absolute atomic E-state index is 5.38. The van der Waals surface area contributed by atoms with Crippen molar-refractivity contribution >= 4 is 24.8 Å². The number of hydrogen-bond acceptors (Lipinski definition) is 5. The van der Waals surface area contributed by atoms with Gasteiger partial charge in [0.2, 0.25) is 0 Å². The topological polar surface area (TPSA) is 51.8 Å². The fraction of sp³-hybridized carbons (Fsp3) is 0.571. The standard InChI is InChI=1S/C14H24N2O3.2ClH/c1-15-6-5-7-16-10-11-8-13(18-3)14(19-4)9-12(11)17-2;;/h8-9,15-16H,5-7,10H2,1-4H3;2*1H. The summed E-state index contributed by atoms with van der Waals surface area (Å²) in [5.74, 6) is 2.20. The van der Waals surface area contributed by atoms with Gasteiger partial charge in [0.05, 0.1) is 21.3 Å². The molecule has 0 bridgehead atoms. The van der Waals surface area contributed by atoms with E-state index in [1.54, 1.807) is 21.3 Å². The van der Waals surface area contributed by atoms with Crippen molar-refractivity contribution in [1.82, 2.24) is 10.6 Å². The molecule has 0 radical (unpaired) electrons. The third-order valence-corrected chi connectivity index (χ3v) is 2.88. The molecule has 0 unspecified atom stereocenters. The number of methoxy groups -OCH3 is 3. The quantitative estimate of drug-likeness (QED) is 0.675. The summed E-state index contributed by atoms with van der Waals surface area (Å²) in [6, 6.07) is 3.80. The number of hydrogen-bond donors (Lipinski definition) is 2. The van der Waals surface area contributed by atoms with Crippen molar-refractivity contribution in [1.29, 1.82) is 0 Å². The van der Waals surface area contributed by atoms with E-state index >= 15 is 0 Å². The van der Waals surface area contributed by atoms with Gasteiger partial charge in [-0.1, -0.05) is 0 Å². The Morgan fingerprint density at radius 2 is 1.43 bits per heavy atom. The molecule has 5 nitrogen and oxygen atoms in total. The first-order valence-corrected chi connectivity index (χ1v) is 6.41. The summed E-state index contributed by atoms with van der Waals surface area (Å²) in [6.45, 7) is 2.71. The number of halogens is 2. The monoisotopic (exact) mass is 340 g/mol. The van der Waals surface area contributed by atoms with Crippen LogP contribution >= 0.6 is 24.8 Å². The lowest BCUT2D eigenvalue weighted by Crippen LogP contribution is -2.19. The average molecular weight is 341 g/mol. The van der Waals surface area contributed by atoms with Crippen LogP contribution in [0.3, 0.4) is 0 Å². The van der Waals surface area contributed by atoms with Gasteiger partial charge < -0.3 is 24.8 Å². The number of ether oxygens (including phenoxy) is 3. The lowest BCUT2D eigenvalue weighted by molar-refractivity contribution is 0.347. The summed E-state index contributed by atoms with van der Waals surface area (Å²) in [5.41, 5.74) is 1.06. The molecule has 1 aromatic rings. The third-order valence-electron chi connectivity index (χ3n) is 2.88. The molecule has 21 heavy (non-hydrogen) atoms. The van der Waals surface area contributed by atoms with E-state index in [1.165, 1.54) is 0 Å². The maximum atomic E-state index is 5.38. The maximum Gasteiger partial charge on any atom is 0.164 e. The molecule has 0 heterocycles. The van der Waals surface area contributed by atoms with E-state index in [0.717, 1.165) is 43.1 Å². The zero-order chi connectivity index (χ0) is 14.1. The summed E-state index contributed by atoms with van der Waals surface area (Å²) >= 11 is 0. The Balaban J connectivity index is 0. The van der Waals surface area contributed by atoms with Gasteiger partial charge in [-0.2, -0.15) is 0 Å². The van der Waals surface area contributed by atoms with E-state index in [-0.39, 0.29) is 24.8 Å². The first-order valence-electron chi connectivity index (χ1n) is 6.41. The second kappa shape index (κ2) is 12.8. The molecule has 0 amide bonds. The molecule has 1 aromatic carbocycles. The first kappa shape index (κ1) is 22.4. The van der Waals surface area contributed by atoms with Crippen molar-refractivity contribution in [3.63, 3.8) is 0 Å². The molecule has 1 rings (SSSR count). The van der Waals surface area contributed by atoms with Crippen LogP contribution in [0.4, 0.5) is 0 Å². The van der Waals surface area contributed by atoms with Gasteiger partial charge in [-0.15, -0.1) is 24.8 Å². The summed E-state index contributed by atoms with van der Waals surface area (Å²) in [6.07, 6.45) is 1.09. The lowest BCUT2D eigenvalue weighted by Gasteiger charge is -2.14. The fourth-order valence-corrected chi connectivity index (χ4v) is 1.84. The largest absolute Gasteiger partial charge is 0.496 e. The van der Waals surface area contributed by atoms with Crippen LogP contribution in [-0.2, 0) is 6.54 Å². The molecule has 0 fully saturated rings. The predicted octanol–water partition coefficient (Wildman–Crippen LogP) is 2.26. The van der Waals surface area contributed by atoms with Crippen LogP contribution in [-0.4, -0.2) is 41.5 Å². The highest BCUT2D eigenvalue weighted by Crippen LogP contribution is 2.34. The van der Waals surface area contributed by atoms with E-state index in [2.05, 4.69) is 10.6 Å². The normalized spacial score (nSPS) is 9.33. The molecule has 0 spiro atoms. The van der Waals surface area contributed by atoms with Gasteiger partial charge in [0.25, 0.3) is 0 Å². The summed E-state index contributed by atoms with van der Waals surface area (Å²) in [5, 5.41) is 6.50. The van der Waals surface area contributed by atoms with Crippen molar-refractivity contribution in [2.24, 2.45) is 0 Å². The molecular formula is C14H26Cl2N2O3. The zero-order valence-corrected chi connectivity index (χ0v) is 14.7. The molecule has 0 atom stereocenters. The minimum absolute atomic E-state index is 0. The molecule has 0 saturated heterocycles. The van der Waals surface area contributed by atoms with Gasteiger partial charge in [-0.25, -0.2) is 0 Å². The molecule has 0 aromatic heterocycles. The van der Waals surface area contributed by atoms with Crippen LogP contribution in [0.2, 0.25) is 0 Å². The Bertz CT molecular complexity index is 393. The molecule has 0 aliphatic rings. The van der Waals surface area contributed by atoms with Gasteiger partial charge >= 0.3 is 0 Å². The van der Waals surface area contributed by atoms with Crippen molar-refractivity contribution in [3.8, 4) is 17.2 Å². The molecule has 2 N–H and O–H groups in total. The Morgan fingerprint density at radius 3 is 1.95 bits per heavy atom. The van der Waals surface area contributed by atoms with Gasteiger partial charge in [-0.3, -0.25) is 0 Å². The Morgan fingerprint density at radius 1 is 0.857 bits per heavy atom. The highest BCUT2D eigenvalue weighted by Gasteiger charge is 2.11. The van der Waals surface area contributed by atoms with Crippen molar-refractivity contribution in [3.05, 3.63) is 17.7 Å². The Labute approximate surface area is 139 Å². The second-order valence-corrected chi connectivity index (χ2v) is 4.15. The van der Waals surface area contributed by atoms with Crippen molar-refractivity contribution < 1.29 is 14.2 Å². The molecule has 0 aliphatic carbocycles. The van der Waals surface area contributed by atoms with Crippen molar-refractivity contribution in [2.45, 2.75) is 13.0 Å². The highest BCUT2D eigenvalue weighted by atomic mass is 35.5. The molecular weight excluding hydrogens is 315 g/mol. The minimum atomic E-state index is 0. The minimum Gasteiger partial charge on any atom is -0.496 e. The lowest BCUT2D eigenvalue weighted by atomic mass is 10.1. The molecule has 124 valence electrons. The Hall–Kier alpha value is -0.880. The van der Waals surface area contributed by atoms with E-state index in [0.29, 0.717) is 5.75 Å². The molecule has 0 saturated carbocycles. The second-order valence-electron chi connectivity index (χ2n) is 4.15. The molecule has 0 aliphatic heterocycles. The van der Waals surface area contributed by atoms with Gasteiger partial charge in [0, 0.05) is 18.2 Å². The van der Waals surface area contributed by atoms with E-state index in [9.17, 15) is 0 Å². The zero-order valence-electron chi connectivity index (χ0n) is 13.0. The number of rotatable bonds is 9. The SMILES string of the molecule is CNCCCNCc1cc(OC)c(OC)cc1OC.Cl.Cl. The summed E-state index contributed by atoms with van der Waals surface area (Å²) in [7, 11) is 6.87. The van der Waals surface area contributed by atoms with Crippen LogP contribution in [0.1, 0.15) is 12.0 Å². The number of nitrogens with one attached hydrogen (secondary N) is 2. The average Bonchev–Trinajstić information content (AvgIpc) is 2.46. The summed E-state index contributed by atoms with van der Waals surface area (Å²) < 4.78 is 15.9. The smallest absolute Gasteiger partial charge is 0.164 e. The predicted molar refractivity (Wildman–Crippen MR) is 90.8 cm³/mol. The fourth-order valence-electron chi connectivity index (χ4n) is 1.84. The molecule has 7 heteroatoms. The van der Waals surface area contributed by atoms with E-state index in [4.69, 9.17) is 14.2 Å².